The van der Waals surface area contributed by atoms with E-state index in [1.54, 1.807) is 0 Å². The lowest BCUT2D eigenvalue weighted by Crippen LogP contribution is -2.00. The molecular weight excluding hydrogens is 158 g/mol. The maximum Gasteiger partial charge on any atom is 0.512 e. The summed E-state index contributed by atoms with van der Waals surface area (Å²) in [5.41, 5.74) is 0. The molecule has 1 heterocycles. The average molecular weight is 161 g/mol. The third kappa shape index (κ3) is 1.59. The van der Waals surface area contributed by atoms with Crippen LogP contribution >= 0.6 is 11.3 Å². The van der Waals surface area contributed by atoms with Crippen LogP contribution in [-0.2, 0) is 0 Å². The molecule has 0 unspecified atom stereocenters. The van der Waals surface area contributed by atoms with Crippen molar-refractivity contribution in [3.05, 3.63) is 15.9 Å². The number of aromatic amines is 1. The lowest BCUT2D eigenvalue weighted by atomic mass is 10.9. The molecule has 0 bridgehead atoms. The molecule has 0 aliphatic heterocycles. The van der Waals surface area contributed by atoms with Crippen LogP contribution in [0.5, 0.6) is 5.06 Å². The van der Waals surface area contributed by atoms with Gasteiger partial charge >= 0.3 is 11.0 Å². The van der Waals surface area contributed by atoms with Crippen LogP contribution in [0.4, 0.5) is 4.79 Å². The molecule has 0 aliphatic rings. The van der Waals surface area contributed by atoms with Gasteiger partial charge in [-0.2, -0.15) is 0 Å². The minimum Gasteiger partial charge on any atom is -0.449 e. The molecule has 0 atom stereocenters. The highest BCUT2D eigenvalue weighted by Gasteiger charge is 2.01. The molecular formula is C4H3NO4S. The van der Waals surface area contributed by atoms with Gasteiger partial charge < -0.3 is 14.8 Å². The number of thiazole rings is 1. The van der Waals surface area contributed by atoms with Gasteiger partial charge in [0, 0.05) is 0 Å². The number of nitrogens with one attached hydrogen (secondary N) is 1. The third-order valence-corrected chi connectivity index (χ3v) is 1.39. The van der Waals surface area contributed by atoms with Crippen LogP contribution in [0.2, 0.25) is 0 Å². The van der Waals surface area contributed by atoms with Gasteiger partial charge in [-0.1, -0.05) is 0 Å². The van der Waals surface area contributed by atoms with E-state index in [0.717, 1.165) is 0 Å². The first kappa shape index (κ1) is 6.81. The van der Waals surface area contributed by atoms with Crippen LogP contribution < -0.4 is 9.61 Å². The van der Waals surface area contributed by atoms with Gasteiger partial charge in [0.25, 0.3) is 0 Å². The maximum absolute atomic E-state index is 10.4. The van der Waals surface area contributed by atoms with Gasteiger partial charge in [-0.3, -0.25) is 4.79 Å². The van der Waals surface area contributed by atoms with Crippen molar-refractivity contribution in [2.75, 3.05) is 0 Å². The van der Waals surface area contributed by atoms with E-state index >= 15 is 0 Å². The number of ether oxygens (including phenoxy) is 1. The SMILES string of the molecule is O=C(O)Oc1c[nH]c(=O)s1. The van der Waals surface area contributed by atoms with Crippen molar-refractivity contribution < 1.29 is 14.6 Å². The first-order valence-electron chi connectivity index (χ1n) is 2.28. The molecule has 0 amide bonds. The number of carbonyl (C=O) groups is 1. The van der Waals surface area contributed by atoms with Gasteiger partial charge in [0.1, 0.15) is 0 Å². The Balaban J connectivity index is 2.76. The van der Waals surface area contributed by atoms with Gasteiger partial charge in [0.05, 0.1) is 6.20 Å². The number of H-pyrrole nitrogens is 1. The summed E-state index contributed by atoms with van der Waals surface area (Å²) in [6.45, 7) is 0. The second-order valence-electron chi connectivity index (χ2n) is 1.37. The smallest absolute Gasteiger partial charge is 0.449 e. The van der Waals surface area contributed by atoms with Crippen molar-refractivity contribution in [3.8, 4) is 5.06 Å². The molecule has 0 aromatic carbocycles. The number of hydrogen-bond donors (Lipinski definition) is 2. The van der Waals surface area contributed by atoms with Crippen molar-refractivity contribution in [2.24, 2.45) is 0 Å². The van der Waals surface area contributed by atoms with E-state index in [0.29, 0.717) is 11.3 Å². The fraction of sp³-hybridized carbons (Fsp3) is 0. The van der Waals surface area contributed by atoms with E-state index in [1.807, 2.05) is 0 Å². The zero-order valence-corrected chi connectivity index (χ0v) is 5.47. The van der Waals surface area contributed by atoms with Crippen molar-refractivity contribution in [3.63, 3.8) is 0 Å². The van der Waals surface area contributed by atoms with Crippen molar-refractivity contribution >= 4 is 17.5 Å². The first-order chi connectivity index (χ1) is 4.68. The van der Waals surface area contributed by atoms with Crippen molar-refractivity contribution in [1.29, 1.82) is 0 Å². The molecule has 0 aliphatic carbocycles. The van der Waals surface area contributed by atoms with Crippen LogP contribution in [-0.4, -0.2) is 16.2 Å². The summed E-state index contributed by atoms with van der Waals surface area (Å²) in [5.74, 6) is 0. The lowest BCUT2D eigenvalue weighted by molar-refractivity contribution is 0.146. The molecule has 0 spiro atoms. The van der Waals surface area contributed by atoms with E-state index in [1.165, 1.54) is 6.20 Å². The summed E-state index contributed by atoms with van der Waals surface area (Å²) >= 11 is 0.702. The zero-order valence-electron chi connectivity index (χ0n) is 4.66. The Labute approximate surface area is 58.9 Å². The Bertz CT molecular complexity index is 287. The standard InChI is InChI=1S/C4H3NO4S/c6-3-5-1-2(10-3)9-4(7)8/h1H,(H,5,6)(H,7,8). The summed E-state index contributed by atoms with van der Waals surface area (Å²) in [6.07, 6.45) is -0.226. The Morgan fingerprint density at radius 2 is 2.50 bits per heavy atom. The molecule has 10 heavy (non-hydrogen) atoms. The highest BCUT2D eigenvalue weighted by Crippen LogP contribution is 2.10. The quantitative estimate of drug-likeness (QED) is 0.587. The molecule has 1 rings (SSSR count). The topological polar surface area (TPSA) is 79.4 Å². The monoisotopic (exact) mass is 161 g/mol. The van der Waals surface area contributed by atoms with E-state index in [-0.39, 0.29) is 9.94 Å². The molecule has 0 fully saturated rings. The van der Waals surface area contributed by atoms with Crippen LogP contribution in [0, 0.1) is 0 Å². The summed E-state index contributed by atoms with van der Waals surface area (Å²) in [4.78, 5) is 22.1. The number of rotatable bonds is 1. The number of aromatic nitrogens is 1. The second-order valence-corrected chi connectivity index (χ2v) is 2.34. The predicted molar refractivity (Wildman–Crippen MR) is 33.6 cm³/mol. The van der Waals surface area contributed by atoms with Gasteiger partial charge in [-0.15, -0.1) is 0 Å². The van der Waals surface area contributed by atoms with Gasteiger partial charge in [-0.05, 0) is 11.3 Å². The highest BCUT2D eigenvalue weighted by molar-refractivity contribution is 7.11. The van der Waals surface area contributed by atoms with Crippen molar-refractivity contribution in [1.82, 2.24) is 4.98 Å². The molecule has 1 aromatic rings. The van der Waals surface area contributed by atoms with Crippen LogP contribution in [0.15, 0.2) is 11.0 Å². The van der Waals surface area contributed by atoms with Crippen molar-refractivity contribution in [2.45, 2.75) is 0 Å². The van der Waals surface area contributed by atoms with E-state index in [4.69, 9.17) is 5.11 Å². The molecule has 0 radical (unpaired) electrons. The fourth-order valence-corrected chi connectivity index (χ4v) is 0.936. The highest BCUT2D eigenvalue weighted by atomic mass is 32.1. The lowest BCUT2D eigenvalue weighted by Gasteiger charge is -1.88. The van der Waals surface area contributed by atoms with E-state index in [9.17, 15) is 9.59 Å². The van der Waals surface area contributed by atoms with Crippen LogP contribution in [0.25, 0.3) is 0 Å². The largest absolute Gasteiger partial charge is 0.512 e. The van der Waals surface area contributed by atoms with Gasteiger partial charge in [0.15, 0.2) is 0 Å². The van der Waals surface area contributed by atoms with Gasteiger partial charge in [-0.25, -0.2) is 4.79 Å². The molecule has 54 valence electrons. The maximum atomic E-state index is 10.4. The Hall–Kier alpha value is -1.30. The summed E-state index contributed by atoms with van der Waals surface area (Å²) in [7, 11) is 0. The first-order valence-corrected chi connectivity index (χ1v) is 3.09. The minimum atomic E-state index is -1.42. The Kier molecular flexibility index (Phi) is 1.72. The predicted octanol–water partition coefficient (Wildman–Crippen LogP) is 0.493. The third-order valence-electron chi connectivity index (χ3n) is 0.689. The second kappa shape index (κ2) is 2.53. The molecule has 2 N–H and O–H groups in total. The van der Waals surface area contributed by atoms with E-state index < -0.39 is 6.16 Å². The van der Waals surface area contributed by atoms with E-state index in [2.05, 4.69) is 9.72 Å². The average Bonchev–Trinajstić information content (AvgIpc) is 2.13. The zero-order chi connectivity index (χ0) is 7.56. The Morgan fingerprint density at radius 1 is 1.80 bits per heavy atom. The Morgan fingerprint density at radius 3 is 2.90 bits per heavy atom. The summed E-state index contributed by atoms with van der Waals surface area (Å²) < 4.78 is 4.14. The normalized spacial score (nSPS) is 9.20. The molecule has 0 saturated heterocycles. The molecule has 5 nitrogen and oxygen atoms in total. The summed E-state index contributed by atoms with van der Waals surface area (Å²) in [6, 6.07) is 0. The summed E-state index contributed by atoms with van der Waals surface area (Å²) in [5, 5.41) is 8.10. The number of carboxylic acid groups (broad SMARTS) is 1. The fourth-order valence-electron chi connectivity index (χ4n) is 0.404. The molecule has 1 aromatic heterocycles. The van der Waals surface area contributed by atoms with Gasteiger partial charge in [0.2, 0.25) is 5.06 Å². The van der Waals surface area contributed by atoms with Crippen LogP contribution in [0.1, 0.15) is 0 Å². The van der Waals surface area contributed by atoms with Crippen LogP contribution in [0.3, 0.4) is 0 Å². The minimum absolute atomic E-state index is 0.0532. The molecule has 0 saturated carbocycles. The molecule has 6 heteroatoms. The number of hydrogen-bond acceptors (Lipinski definition) is 4.